The van der Waals surface area contributed by atoms with Crippen LogP contribution in [0.3, 0.4) is 0 Å². The van der Waals surface area contributed by atoms with Crippen LogP contribution in [-0.2, 0) is 11.3 Å². The first kappa shape index (κ1) is 23.1. The lowest BCUT2D eigenvalue weighted by atomic mass is 10.2. The number of amides is 1. The summed E-state index contributed by atoms with van der Waals surface area (Å²) in [6.45, 7) is 7.67. The van der Waals surface area contributed by atoms with Crippen LogP contribution in [0.5, 0.6) is 5.75 Å². The zero-order valence-electron chi connectivity index (χ0n) is 18.6. The van der Waals surface area contributed by atoms with E-state index >= 15 is 0 Å². The largest absolute Gasteiger partial charge is 0.489 e. The first-order valence-corrected chi connectivity index (χ1v) is 10.2. The van der Waals surface area contributed by atoms with E-state index in [1.54, 1.807) is 45.2 Å². The molecule has 0 aliphatic rings. The second-order valence-corrected chi connectivity index (χ2v) is 8.22. The fraction of sp³-hybridized carbons (Fsp3) is 0.348. The molecule has 0 bridgehead atoms. The highest BCUT2D eigenvalue weighted by Crippen LogP contribution is 2.24. The highest BCUT2D eigenvalue weighted by atomic mass is 19.1. The molecule has 0 saturated carbocycles. The number of alkyl carbamates (subject to hydrolysis) is 1. The fourth-order valence-corrected chi connectivity index (χ4v) is 2.76. The van der Waals surface area contributed by atoms with E-state index in [2.05, 4.69) is 20.6 Å². The fourth-order valence-electron chi connectivity index (χ4n) is 2.76. The van der Waals surface area contributed by atoms with E-state index in [9.17, 15) is 9.18 Å². The van der Waals surface area contributed by atoms with Gasteiger partial charge in [0.15, 0.2) is 5.58 Å². The van der Waals surface area contributed by atoms with Crippen molar-refractivity contribution in [1.82, 2.24) is 15.3 Å². The molecule has 32 heavy (non-hydrogen) atoms. The van der Waals surface area contributed by atoms with Crippen LogP contribution in [0.4, 0.5) is 15.2 Å². The number of hydrogen-bond acceptors (Lipinski definition) is 7. The van der Waals surface area contributed by atoms with Gasteiger partial charge in [0.25, 0.3) is 6.01 Å². The highest BCUT2D eigenvalue weighted by molar-refractivity contribution is 5.76. The first-order chi connectivity index (χ1) is 15.2. The Balaban J connectivity index is 1.54. The Morgan fingerprint density at radius 1 is 1.25 bits per heavy atom. The highest BCUT2D eigenvalue weighted by Gasteiger charge is 2.16. The van der Waals surface area contributed by atoms with Gasteiger partial charge in [-0.05, 0) is 57.5 Å². The number of hydrogen-bond donors (Lipinski definition) is 2. The quantitative estimate of drug-likeness (QED) is 0.512. The van der Waals surface area contributed by atoms with Crippen molar-refractivity contribution in [3.05, 3.63) is 59.7 Å². The predicted octanol–water partition coefficient (Wildman–Crippen LogP) is 4.90. The van der Waals surface area contributed by atoms with E-state index in [0.29, 0.717) is 35.7 Å². The topological polar surface area (TPSA) is 98.5 Å². The minimum absolute atomic E-state index is 0.0293. The van der Waals surface area contributed by atoms with Gasteiger partial charge in [-0.2, -0.15) is 4.98 Å². The third kappa shape index (κ3) is 6.97. The lowest BCUT2D eigenvalue weighted by molar-refractivity contribution is 0.0531. The minimum atomic E-state index is -0.627. The SMILES string of the molecule is Cc1cc(CNc2nc3ccc(OC/C(=C\F)CNC(=O)OC(C)(C)C)cc3o2)ccn1. The molecule has 170 valence electrons. The average Bonchev–Trinajstić information content (AvgIpc) is 3.13. The van der Waals surface area contributed by atoms with Gasteiger partial charge in [-0.3, -0.25) is 4.98 Å². The van der Waals surface area contributed by atoms with Gasteiger partial charge in [-0.15, -0.1) is 0 Å². The van der Waals surface area contributed by atoms with Crippen LogP contribution < -0.4 is 15.4 Å². The summed E-state index contributed by atoms with van der Waals surface area (Å²) in [5.41, 5.74) is 2.83. The lowest BCUT2D eigenvalue weighted by Crippen LogP contribution is -2.34. The number of benzene rings is 1. The minimum Gasteiger partial charge on any atom is -0.489 e. The number of carbonyl (C=O) groups is 1. The van der Waals surface area contributed by atoms with Crippen molar-refractivity contribution >= 4 is 23.2 Å². The van der Waals surface area contributed by atoms with Gasteiger partial charge in [-0.25, -0.2) is 9.18 Å². The molecule has 0 aliphatic carbocycles. The molecule has 0 fully saturated rings. The summed E-state index contributed by atoms with van der Waals surface area (Å²) in [6, 6.07) is 9.45. The van der Waals surface area contributed by atoms with E-state index < -0.39 is 11.7 Å². The summed E-state index contributed by atoms with van der Waals surface area (Å²) in [6.07, 6.45) is 1.54. The second kappa shape index (κ2) is 10.1. The summed E-state index contributed by atoms with van der Waals surface area (Å²) >= 11 is 0. The van der Waals surface area contributed by atoms with Gasteiger partial charge in [0.1, 0.15) is 23.5 Å². The van der Waals surface area contributed by atoms with Crippen LogP contribution in [-0.4, -0.2) is 34.8 Å². The van der Waals surface area contributed by atoms with Gasteiger partial charge in [0.2, 0.25) is 0 Å². The molecule has 0 saturated heterocycles. The summed E-state index contributed by atoms with van der Waals surface area (Å²) in [4.78, 5) is 20.3. The van der Waals surface area contributed by atoms with Gasteiger partial charge in [-0.1, -0.05) is 0 Å². The molecular weight excluding hydrogens is 415 g/mol. The molecule has 9 heteroatoms. The number of carbonyl (C=O) groups excluding carboxylic acids is 1. The number of nitrogens with zero attached hydrogens (tertiary/aromatic N) is 2. The number of anilines is 1. The molecule has 2 heterocycles. The Bertz CT molecular complexity index is 1100. The van der Waals surface area contributed by atoms with Crippen molar-refractivity contribution in [2.45, 2.75) is 39.8 Å². The number of pyridine rings is 1. The summed E-state index contributed by atoms with van der Waals surface area (Å²) in [7, 11) is 0. The van der Waals surface area contributed by atoms with E-state index in [1.165, 1.54) is 0 Å². The third-order valence-corrected chi connectivity index (χ3v) is 4.20. The number of nitrogens with one attached hydrogen (secondary N) is 2. The van der Waals surface area contributed by atoms with E-state index in [0.717, 1.165) is 11.3 Å². The van der Waals surface area contributed by atoms with Crippen LogP contribution in [0.25, 0.3) is 11.1 Å². The van der Waals surface area contributed by atoms with Crippen molar-refractivity contribution in [2.24, 2.45) is 0 Å². The maximum Gasteiger partial charge on any atom is 0.407 e. The molecule has 0 spiro atoms. The molecule has 0 aliphatic heterocycles. The van der Waals surface area contributed by atoms with Crippen molar-refractivity contribution in [3.63, 3.8) is 0 Å². The Labute approximate surface area is 185 Å². The average molecular weight is 442 g/mol. The van der Waals surface area contributed by atoms with Gasteiger partial charge >= 0.3 is 6.09 Å². The number of aromatic nitrogens is 2. The molecule has 3 rings (SSSR count). The van der Waals surface area contributed by atoms with Crippen molar-refractivity contribution in [3.8, 4) is 5.75 Å². The van der Waals surface area contributed by atoms with Crippen LogP contribution in [0.15, 0.2) is 52.8 Å². The first-order valence-electron chi connectivity index (χ1n) is 10.2. The Morgan fingerprint density at radius 2 is 2.06 bits per heavy atom. The van der Waals surface area contributed by atoms with Gasteiger partial charge < -0.3 is 24.5 Å². The van der Waals surface area contributed by atoms with Crippen LogP contribution in [0.1, 0.15) is 32.0 Å². The number of fused-ring (bicyclic) bond motifs is 1. The zero-order valence-corrected chi connectivity index (χ0v) is 18.6. The monoisotopic (exact) mass is 442 g/mol. The van der Waals surface area contributed by atoms with Crippen molar-refractivity contribution in [2.75, 3.05) is 18.5 Å². The van der Waals surface area contributed by atoms with Gasteiger partial charge in [0, 0.05) is 36.6 Å². The van der Waals surface area contributed by atoms with E-state index in [-0.39, 0.29) is 18.7 Å². The van der Waals surface area contributed by atoms with Crippen LogP contribution in [0, 0.1) is 6.92 Å². The molecule has 0 unspecified atom stereocenters. The smallest absolute Gasteiger partial charge is 0.407 e. The molecule has 2 N–H and O–H groups in total. The second-order valence-electron chi connectivity index (χ2n) is 8.22. The molecule has 0 atom stereocenters. The third-order valence-electron chi connectivity index (χ3n) is 4.20. The number of rotatable bonds is 8. The predicted molar refractivity (Wildman–Crippen MR) is 119 cm³/mol. The summed E-state index contributed by atoms with van der Waals surface area (Å²) in [5.74, 6) is 0.488. The molecule has 2 aromatic heterocycles. The molecule has 8 nitrogen and oxygen atoms in total. The summed E-state index contributed by atoms with van der Waals surface area (Å²) < 4.78 is 29.7. The van der Waals surface area contributed by atoms with Crippen molar-refractivity contribution < 1.29 is 23.1 Å². The summed E-state index contributed by atoms with van der Waals surface area (Å²) in [5, 5.41) is 5.64. The van der Waals surface area contributed by atoms with E-state index in [1.807, 2.05) is 19.1 Å². The number of ether oxygens (including phenoxy) is 2. The molecule has 0 radical (unpaired) electrons. The molecule has 3 aromatic rings. The number of aryl methyl sites for hydroxylation is 1. The molecular formula is C23H27FN4O4. The zero-order chi connectivity index (χ0) is 23.1. The Kier molecular flexibility index (Phi) is 7.29. The lowest BCUT2D eigenvalue weighted by Gasteiger charge is -2.20. The van der Waals surface area contributed by atoms with Crippen LogP contribution in [0.2, 0.25) is 0 Å². The Hall–Kier alpha value is -3.62. The van der Waals surface area contributed by atoms with E-state index in [4.69, 9.17) is 13.9 Å². The molecule has 1 amide bonds. The van der Waals surface area contributed by atoms with Crippen LogP contribution >= 0.6 is 0 Å². The Morgan fingerprint density at radius 3 is 2.78 bits per heavy atom. The normalized spacial score (nSPS) is 12.0. The maximum absolute atomic E-state index is 13.2. The molecule has 1 aromatic carbocycles. The maximum atomic E-state index is 13.2. The van der Waals surface area contributed by atoms with Crippen molar-refractivity contribution in [1.29, 1.82) is 0 Å². The van der Waals surface area contributed by atoms with Gasteiger partial charge in [0.05, 0.1) is 6.33 Å². The number of halogens is 1. The standard InChI is InChI=1S/C23H27FN4O4/c1-15-9-16(7-8-25-15)12-26-21-28-19-6-5-18(10-20(19)31-21)30-14-17(11-24)13-27-22(29)32-23(2,3)4/h5-11H,12-14H2,1-4H3,(H,26,28)(H,27,29)/b17-11-. The number of oxazole rings is 1.